The zero-order valence-corrected chi connectivity index (χ0v) is 8.13. The SMILES string of the molecule is C[C@H]1CCC(CN)C1C1CCC1. The third-order valence-corrected chi connectivity index (χ3v) is 4.19. The van der Waals surface area contributed by atoms with Gasteiger partial charge in [-0.25, -0.2) is 0 Å². The van der Waals surface area contributed by atoms with Crippen molar-refractivity contribution >= 4 is 0 Å². The van der Waals surface area contributed by atoms with Gasteiger partial charge < -0.3 is 5.73 Å². The summed E-state index contributed by atoms with van der Waals surface area (Å²) in [5, 5.41) is 0. The van der Waals surface area contributed by atoms with Crippen molar-refractivity contribution in [2.24, 2.45) is 29.4 Å². The molecule has 2 fully saturated rings. The maximum absolute atomic E-state index is 5.80. The molecule has 1 nitrogen and oxygen atoms in total. The van der Waals surface area contributed by atoms with E-state index in [2.05, 4.69) is 6.92 Å². The second-order valence-electron chi connectivity index (χ2n) is 4.82. The Kier molecular flexibility index (Phi) is 2.40. The molecule has 0 aromatic rings. The van der Waals surface area contributed by atoms with Gasteiger partial charge >= 0.3 is 0 Å². The van der Waals surface area contributed by atoms with E-state index >= 15 is 0 Å². The maximum Gasteiger partial charge on any atom is -0.00460 e. The Morgan fingerprint density at radius 1 is 1.17 bits per heavy atom. The summed E-state index contributed by atoms with van der Waals surface area (Å²) in [5.74, 6) is 3.87. The summed E-state index contributed by atoms with van der Waals surface area (Å²) in [7, 11) is 0. The Morgan fingerprint density at radius 3 is 2.42 bits per heavy atom. The lowest BCUT2D eigenvalue weighted by atomic mass is 9.69. The summed E-state index contributed by atoms with van der Waals surface area (Å²) in [6, 6.07) is 0. The van der Waals surface area contributed by atoms with Gasteiger partial charge in [0.1, 0.15) is 0 Å². The molecule has 2 aliphatic rings. The van der Waals surface area contributed by atoms with Crippen LogP contribution in [0, 0.1) is 23.7 Å². The summed E-state index contributed by atoms with van der Waals surface area (Å²) >= 11 is 0. The summed E-state index contributed by atoms with van der Waals surface area (Å²) in [5.41, 5.74) is 5.80. The average molecular weight is 167 g/mol. The molecule has 0 aromatic heterocycles. The zero-order valence-electron chi connectivity index (χ0n) is 8.13. The van der Waals surface area contributed by atoms with E-state index in [9.17, 15) is 0 Å². The predicted octanol–water partition coefficient (Wildman–Crippen LogP) is 2.41. The van der Waals surface area contributed by atoms with Crippen LogP contribution in [0.5, 0.6) is 0 Å². The van der Waals surface area contributed by atoms with Gasteiger partial charge in [0, 0.05) is 0 Å². The van der Waals surface area contributed by atoms with Gasteiger partial charge in [-0.3, -0.25) is 0 Å². The molecule has 0 aromatic carbocycles. The quantitative estimate of drug-likeness (QED) is 0.671. The molecule has 0 radical (unpaired) electrons. The van der Waals surface area contributed by atoms with Crippen LogP contribution >= 0.6 is 0 Å². The first-order valence-electron chi connectivity index (χ1n) is 5.53. The normalized spacial score (nSPS) is 43.0. The molecule has 2 saturated carbocycles. The Labute approximate surface area is 75.7 Å². The second-order valence-corrected chi connectivity index (χ2v) is 4.82. The molecule has 0 bridgehead atoms. The van der Waals surface area contributed by atoms with Crippen molar-refractivity contribution in [3.05, 3.63) is 0 Å². The lowest BCUT2D eigenvalue weighted by Gasteiger charge is -2.37. The van der Waals surface area contributed by atoms with Crippen LogP contribution in [0.4, 0.5) is 0 Å². The fourth-order valence-electron chi connectivity index (χ4n) is 3.28. The van der Waals surface area contributed by atoms with Crippen molar-refractivity contribution in [3.63, 3.8) is 0 Å². The third-order valence-electron chi connectivity index (χ3n) is 4.19. The van der Waals surface area contributed by atoms with Gasteiger partial charge in [0.15, 0.2) is 0 Å². The molecular formula is C11H21N. The first-order chi connectivity index (χ1) is 5.83. The maximum atomic E-state index is 5.80. The van der Waals surface area contributed by atoms with Crippen molar-refractivity contribution < 1.29 is 0 Å². The van der Waals surface area contributed by atoms with E-state index in [1.54, 1.807) is 0 Å². The molecule has 2 unspecified atom stereocenters. The Hall–Kier alpha value is -0.0400. The van der Waals surface area contributed by atoms with Crippen molar-refractivity contribution in [1.29, 1.82) is 0 Å². The van der Waals surface area contributed by atoms with Crippen LogP contribution in [0.25, 0.3) is 0 Å². The molecule has 2 rings (SSSR count). The van der Waals surface area contributed by atoms with Crippen LogP contribution < -0.4 is 5.73 Å². The fourth-order valence-corrected chi connectivity index (χ4v) is 3.28. The monoisotopic (exact) mass is 167 g/mol. The van der Waals surface area contributed by atoms with Crippen molar-refractivity contribution in [1.82, 2.24) is 0 Å². The molecule has 1 heteroatoms. The van der Waals surface area contributed by atoms with Crippen LogP contribution in [-0.2, 0) is 0 Å². The van der Waals surface area contributed by atoms with Gasteiger partial charge in [-0.1, -0.05) is 32.6 Å². The van der Waals surface area contributed by atoms with Crippen LogP contribution in [-0.4, -0.2) is 6.54 Å². The Morgan fingerprint density at radius 2 is 1.92 bits per heavy atom. The van der Waals surface area contributed by atoms with Gasteiger partial charge in [-0.2, -0.15) is 0 Å². The first-order valence-corrected chi connectivity index (χ1v) is 5.53. The van der Waals surface area contributed by atoms with Crippen LogP contribution in [0.2, 0.25) is 0 Å². The topological polar surface area (TPSA) is 26.0 Å². The van der Waals surface area contributed by atoms with E-state index in [-0.39, 0.29) is 0 Å². The van der Waals surface area contributed by atoms with E-state index in [0.717, 1.165) is 30.2 Å². The highest BCUT2D eigenvalue weighted by Crippen LogP contribution is 2.47. The first kappa shape index (κ1) is 8.55. The summed E-state index contributed by atoms with van der Waals surface area (Å²) in [4.78, 5) is 0. The lowest BCUT2D eigenvalue weighted by molar-refractivity contribution is 0.136. The summed E-state index contributed by atoms with van der Waals surface area (Å²) < 4.78 is 0. The largest absolute Gasteiger partial charge is 0.330 e. The van der Waals surface area contributed by atoms with Gasteiger partial charge in [-0.05, 0) is 36.6 Å². The zero-order chi connectivity index (χ0) is 8.55. The number of nitrogens with two attached hydrogens (primary N) is 1. The lowest BCUT2D eigenvalue weighted by Crippen LogP contribution is -2.31. The summed E-state index contributed by atoms with van der Waals surface area (Å²) in [6.07, 6.45) is 7.30. The van der Waals surface area contributed by atoms with Crippen LogP contribution in [0.3, 0.4) is 0 Å². The molecule has 0 aliphatic heterocycles. The minimum atomic E-state index is 0.866. The smallest absolute Gasteiger partial charge is 0.00460 e. The molecule has 0 spiro atoms. The minimum absolute atomic E-state index is 0.866. The highest BCUT2D eigenvalue weighted by atomic mass is 14.6. The van der Waals surface area contributed by atoms with Gasteiger partial charge in [0.2, 0.25) is 0 Å². The van der Waals surface area contributed by atoms with E-state index in [4.69, 9.17) is 5.73 Å². The van der Waals surface area contributed by atoms with Gasteiger partial charge in [-0.15, -0.1) is 0 Å². The fraction of sp³-hybridized carbons (Fsp3) is 1.00. The van der Waals surface area contributed by atoms with E-state index in [0.29, 0.717) is 0 Å². The van der Waals surface area contributed by atoms with Crippen LogP contribution in [0.1, 0.15) is 39.0 Å². The van der Waals surface area contributed by atoms with Crippen molar-refractivity contribution in [2.75, 3.05) is 6.54 Å². The minimum Gasteiger partial charge on any atom is -0.330 e. The van der Waals surface area contributed by atoms with Crippen molar-refractivity contribution in [3.8, 4) is 0 Å². The van der Waals surface area contributed by atoms with Crippen molar-refractivity contribution in [2.45, 2.75) is 39.0 Å². The van der Waals surface area contributed by atoms with E-state index in [1.165, 1.54) is 32.1 Å². The van der Waals surface area contributed by atoms with E-state index in [1.807, 2.05) is 0 Å². The molecule has 0 amide bonds. The van der Waals surface area contributed by atoms with Crippen LogP contribution in [0.15, 0.2) is 0 Å². The molecule has 70 valence electrons. The Bertz CT molecular complexity index is 151. The molecule has 0 saturated heterocycles. The molecule has 2 aliphatic carbocycles. The number of rotatable bonds is 2. The molecule has 12 heavy (non-hydrogen) atoms. The highest BCUT2D eigenvalue weighted by molar-refractivity contribution is 4.90. The molecule has 0 heterocycles. The molecule has 3 atom stereocenters. The number of hydrogen-bond acceptors (Lipinski definition) is 1. The second kappa shape index (κ2) is 3.37. The standard InChI is InChI=1S/C11H21N/c1-8-5-6-10(7-12)11(8)9-3-2-4-9/h8-11H,2-7,12H2,1H3/t8-,10?,11?/m0/s1. The van der Waals surface area contributed by atoms with Gasteiger partial charge in [0.05, 0.1) is 0 Å². The Balaban J connectivity index is 1.98. The molecular weight excluding hydrogens is 146 g/mol. The van der Waals surface area contributed by atoms with Gasteiger partial charge in [0.25, 0.3) is 0 Å². The van der Waals surface area contributed by atoms with E-state index < -0.39 is 0 Å². The average Bonchev–Trinajstić information content (AvgIpc) is 2.30. The summed E-state index contributed by atoms with van der Waals surface area (Å²) in [6.45, 7) is 3.37. The highest BCUT2D eigenvalue weighted by Gasteiger charge is 2.39. The number of hydrogen-bond donors (Lipinski definition) is 1. The third kappa shape index (κ3) is 1.28. The molecule has 2 N–H and O–H groups in total. The predicted molar refractivity (Wildman–Crippen MR) is 51.8 cm³/mol.